The van der Waals surface area contributed by atoms with Crippen molar-refractivity contribution in [3.63, 3.8) is 0 Å². The Morgan fingerprint density at radius 1 is 0.750 bits per heavy atom. The fourth-order valence-corrected chi connectivity index (χ4v) is 3.45. The highest BCUT2D eigenvalue weighted by Crippen LogP contribution is 2.30. The predicted octanol–water partition coefficient (Wildman–Crippen LogP) is 4.65. The average molecular weight is 400 g/mol. The molecule has 0 aromatic carbocycles. The summed E-state index contributed by atoms with van der Waals surface area (Å²) < 4.78 is 2.42. The first-order valence-electron chi connectivity index (χ1n) is 7.78. The summed E-state index contributed by atoms with van der Waals surface area (Å²) in [4.78, 5) is 0. The summed E-state index contributed by atoms with van der Waals surface area (Å²) in [5.74, 6) is 0. The Kier molecular flexibility index (Phi) is 20.8. The molecule has 0 unspecified atom stereocenters. The maximum Gasteiger partial charge on any atom is 0.251 e. The van der Waals surface area contributed by atoms with E-state index in [-0.39, 0.29) is 14.9 Å². The lowest BCUT2D eigenvalue weighted by molar-refractivity contribution is 0.187. The minimum Gasteiger partial charge on any atom is -0.487 e. The molecule has 0 spiro atoms. The quantitative estimate of drug-likeness (QED) is 0.341. The third-order valence-corrected chi connectivity index (χ3v) is 4.55. The molecule has 0 amide bonds. The largest absolute Gasteiger partial charge is 0.487 e. The van der Waals surface area contributed by atoms with Gasteiger partial charge in [0.15, 0.2) is 0 Å². The van der Waals surface area contributed by atoms with Gasteiger partial charge in [0.25, 0.3) is 10.3 Å². The lowest BCUT2D eigenvalue weighted by atomic mass is 9.91. The van der Waals surface area contributed by atoms with E-state index >= 15 is 0 Å². The normalized spacial score (nSPS) is 17.8. The Morgan fingerprint density at radius 3 is 1.17 bits per heavy atom. The summed E-state index contributed by atoms with van der Waals surface area (Å²) in [6.45, 7) is 0. The van der Waals surface area contributed by atoms with Crippen molar-refractivity contribution < 1.29 is 10.2 Å². The van der Waals surface area contributed by atoms with Crippen LogP contribution in [0.1, 0.15) is 79.1 Å². The van der Waals surface area contributed by atoms with Crippen molar-refractivity contribution in [1.29, 1.82) is 0 Å². The number of hydrogen-bond donors (Lipinski definition) is 5. The third kappa shape index (κ3) is 16.5. The summed E-state index contributed by atoms with van der Waals surface area (Å²) in [6, 6.07) is 1.57. The van der Waals surface area contributed by atoms with E-state index < -0.39 is 10.3 Å². The molecule has 8 heteroatoms. The molecule has 2 aliphatic rings. The van der Waals surface area contributed by atoms with Crippen LogP contribution in [-0.4, -0.2) is 37.0 Å². The molecule has 0 aromatic rings. The average Bonchev–Trinajstić information content (AvgIpc) is 2.47. The monoisotopic (exact) mass is 399 g/mol. The van der Waals surface area contributed by atoms with Gasteiger partial charge < -0.3 is 21.7 Å². The van der Waals surface area contributed by atoms with E-state index in [1.807, 2.05) is 0 Å². The fraction of sp³-hybridized carbons (Fsp3) is 0.875. The van der Waals surface area contributed by atoms with Crippen molar-refractivity contribution in [2.24, 2.45) is 11.5 Å². The van der Waals surface area contributed by atoms with Gasteiger partial charge in [-0.2, -0.15) is 0 Å². The number of thiol groups is 1. The molecule has 0 saturated heterocycles. The van der Waals surface area contributed by atoms with Crippen molar-refractivity contribution in [2.75, 3.05) is 0 Å². The number of thiocarbonyl (C=S) groups is 2. The molecule has 2 fully saturated rings. The molecule has 2 saturated carbocycles. The van der Waals surface area contributed by atoms with Crippen molar-refractivity contribution in [2.45, 2.75) is 91.1 Å². The topological polar surface area (TPSA) is 95.7 Å². The number of aliphatic hydroxyl groups excluding tert-OH is 2. The Labute approximate surface area is 164 Å². The lowest BCUT2D eigenvalue weighted by Gasteiger charge is -2.37. The van der Waals surface area contributed by atoms with Gasteiger partial charge in [-0.3, -0.25) is 0 Å². The van der Waals surface area contributed by atoms with Crippen LogP contribution < -0.4 is 11.5 Å². The van der Waals surface area contributed by atoms with Crippen molar-refractivity contribution in [3.05, 3.63) is 0 Å². The lowest BCUT2D eigenvalue weighted by Crippen LogP contribution is -2.38. The number of rotatable bonds is 2. The molecule has 2 rings (SSSR count). The Morgan fingerprint density at radius 2 is 0.958 bits per heavy atom. The van der Waals surface area contributed by atoms with Gasteiger partial charge in [0.2, 0.25) is 0 Å². The van der Waals surface area contributed by atoms with Gasteiger partial charge in [-0.05, 0) is 50.1 Å². The number of nitrogens with zero attached hydrogens (tertiary/aromatic N) is 1. The second kappa shape index (κ2) is 17.5. The van der Waals surface area contributed by atoms with Gasteiger partial charge in [-0.25, -0.2) is 4.31 Å². The molecule has 0 bridgehead atoms. The highest BCUT2D eigenvalue weighted by atomic mass is 32.1. The van der Waals surface area contributed by atoms with Crippen LogP contribution in [0.25, 0.3) is 0 Å². The maximum atomic E-state index is 7.56. The van der Waals surface area contributed by atoms with Crippen LogP contribution in [0.5, 0.6) is 0 Å². The molecule has 24 heavy (non-hydrogen) atoms. The number of aliphatic hydroxyl groups is 2. The fourth-order valence-electron chi connectivity index (χ4n) is 2.99. The Balaban J connectivity index is -0.000000378. The van der Waals surface area contributed by atoms with Crippen molar-refractivity contribution >= 4 is 47.6 Å². The Hall–Kier alpha value is -0.310. The second-order valence-electron chi connectivity index (χ2n) is 5.64. The van der Waals surface area contributed by atoms with E-state index in [0.29, 0.717) is 0 Å². The van der Waals surface area contributed by atoms with Crippen LogP contribution >= 0.6 is 37.3 Å². The van der Waals surface area contributed by atoms with Crippen molar-refractivity contribution in [1.82, 2.24) is 4.31 Å². The van der Waals surface area contributed by atoms with Crippen LogP contribution in [0.3, 0.4) is 0 Å². The molecule has 0 radical (unpaired) electrons. The van der Waals surface area contributed by atoms with E-state index in [1.54, 1.807) is 0 Å². The van der Waals surface area contributed by atoms with Crippen LogP contribution in [0, 0.1) is 0 Å². The highest BCUT2D eigenvalue weighted by molar-refractivity contribution is 7.80. The van der Waals surface area contributed by atoms with Gasteiger partial charge in [0.1, 0.15) is 0 Å². The van der Waals surface area contributed by atoms with Crippen LogP contribution in [0.4, 0.5) is 0 Å². The molecule has 5 nitrogen and oxygen atoms in total. The second-order valence-corrected chi connectivity index (χ2v) is 6.94. The molecule has 0 heterocycles. The third-order valence-electron chi connectivity index (χ3n) is 3.90. The molecular weight excluding hydrogens is 362 g/mol. The van der Waals surface area contributed by atoms with Crippen LogP contribution in [0.15, 0.2) is 0 Å². The van der Waals surface area contributed by atoms with Gasteiger partial charge in [0, 0.05) is 12.1 Å². The summed E-state index contributed by atoms with van der Waals surface area (Å²) >= 11 is 12.5. The minimum absolute atomic E-state index is 0. The SMILES string of the molecule is C.C.NC(O)=S.NC(O)=S.SN(C1CCCCC1)C1CCCCC1. The minimum atomic E-state index is -0.500. The highest BCUT2D eigenvalue weighted by Gasteiger charge is 2.26. The number of nitrogens with two attached hydrogens (primary N) is 2. The standard InChI is InChI=1S/C12H23NS.2CH3NOS.2CH4/c14-13(11-7-3-1-4-8-11)12-9-5-2-6-10-12;2*2-1(3)4;;/h11-12,14H,1-10H2;2*(H3,2,3,4);2*1H4. The van der Waals surface area contributed by atoms with Gasteiger partial charge in [0.05, 0.1) is 0 Å². The molecule has 0 atom stereocenters. The molecular formula is C16H37N3O2S3. The first-order chi connectivity index (χ1) is 10.3. The first-order valence-corrected chi connectivity index (χ1v) is 9.00. The number of hydrogen-bond acceptors (Lipinski definition) is 4. The van der Waals surface area contributed by atoms with Gasteiger partial charge in [-0.1, -0.05) is 66.2 Å². The molecule has 0 aromatic heterocycles. The van der Waals surface area contributed by atoms with E-state index in [2.05, 4.69) is 40.2 Å². The van der Waals surface area contributed by atoms with E-state index in [4.69, 9.17) is 23.0 Å². The van der Waals surface area contributed by atoms with Gasteiger partial charge >= 0.3 is 0 Å². The molecule has 2 aliphatic carbocycles. The summed E-state index contributed by atoms with van der Waals surface area (Å²) in [5.41, 5.74) is 8.80. The summed E-state index contributed by atoms with van der Waals surface area (Å²) in [6.07, 6.45) is 14.2. The van der Waals surface area contributed by atoms with E-state index in [0.717, 1.165) is 12.1 Å². The van der Waals surface area contributed by atoms with E-state index in [9.17, 15) is 0 Å². The zero-order valence-corrected chi connectivity index (χ0v) is 15.5. The maximum absolute atomic E-state index is 7.56. The van der Waals surface area contributed by atoms with Crippen LogP contribution in [-0.2, 0) is 0 Å². The van der Waals surface area contributed by atoms with E-state index in [1.165, 1.54) is 64.2 Å². The zero-order chi connectivity index (χ0) is 17.0. The van der Waals surface area contributed by atoms with Gasteiger partial charge in [-0.15, -0.1) is 0 Å². The predicted molar refractivity (Wildman–Crippen MR) is 117 cm³/mol. The smallest absolute Gasteiger partial charge is 0.251 e. The summed E-state index contributed by atoms with van der Waals surface area (Å²) in [7, 11) is 0. The Bertz CT molecular complexity index is 284. The van der Waals surface area contributed by atoms with Crippen molar-refractivity contribution in [3.8, 4) is 0 Å². The molecule has 6 N–H and O–H groups in total. The molecule has 146 valence electrons. The molecule has 0 aliphatic heterocycles. The first kappa shape index (κ1) is 28.5. The van der Waals surface area contributed by atoms with Crippen LogP contribution in [0.2, 0.25) is 0 Å². The zero-order valence-electron chi connectivity index (χ0n) is 13.0. The summed E-state index contributed by atoms with van der Waals surface area (Å²) in [5, 5.41) is 14.1.